The van der Waals surface area contributed by atoms with Crippen LogP contribution in [0.2, 0.25) is 0 Å². The molecule has 0 fully saturated rings. The van der Waals surface area contributed by atoms with Gasteiger partial charge in [-0.2, -0.15) is 0 Å². The molecular formula is C26H23N5O4. The second-order valence-electron chi connectivity index (χ2n) is 7.85. The summed E-state index contributed by atoms with van der Waals surface area (Å²) in [4.78, 5) is 30.7. The first-order valence-corrected chi connectivity index (χ1v) is 11.2. The molecule has 0 aliphatic carbocycles. The smallest absolute Gasteiger partial charge is 0.351 e. The van der Waals surface area contributed by atoms with Gasteiger partial charge in [0.05, 0.1) is 23.8 Å². The maximum atomic E-state index is 13.3. The van der Waals surface area contributed by atoms with Crippen molar-refractivity contribution in [1.29, 1.82) is 0 Å². The summed E-state index contributed by atoms with van der Waals surface area (Å²) in [5, 5.41) is 7.17. The number of nitrogens with one attached hydrogen (secondary N) is 1. The predicted molar refractivity (Wildman–Crippen MR) is 132 cm³/mol. The topological polar surface area (TPSA) is 99.8 Å². The highest BCUT2D eigenvalue weighted by atomic mass is 16.5. The molecule has 0 aliphatic heterocycles. The van der Waals surface area contributed by atoms with Gasteiger partial charge in [0.1, 0.15) is 18.0 Å². The fraction of sp³-hybridized carbons (Fsp3) is 0.154. The number of nitrogens with zero attached hydrogens (tertiary/aromatic N) is 4. The molecule has 9 heteroatoms. The number of aryl methyl sites for hydroxylation is 1. The quantitative estimate of drug-likeness (QED) is 0.386. The largest absolute Gasteiger partial charge is 0.495 e. The average Bonchev–Trinajstić information content (AvgIpc) is 3.21. The molecule has 3 aromatic carbocycles. The number of fused-ring (bicyclic) bond motifs is 3. The third kappa shape index (κ3) is 4.31. The highest BCUT2D eigenvalue weighted by molar-refractivity contribution is 5.92. The molecule has 35 heavy (non-hydrogen) atoms. The van der Waals surface area contributed by atoms with Crippen LogP contribution in [0.5, 0.6) is 17.4 Å². The lowest BCUT2D eigenvalue weighted by Gasteiger charge is -2.09. The zero-order valence-corrected chi connectivity index (χ0v) is 19.3. The number of carbonyl (C=O) groups is 1. The van der Waals surface area contributed by atoms with Crippen LogP contribution in [-0.2, 0) is 17.8 Å². The Morgan fingerprint density at radius 2 is 1.74 bits per heavy atom. The van der Waals surface area contributed by atoms with Gasteiger partial charge >= 0.3 is 5.69 Å². The highest BCUT2D eigenvalue weighted by Crippen LogP contribution is 2.26. The zero-order chi connectivity index (χ0) is 24.4. The minimum absolute atomic E-state index is 0.175. The van der Waals surface area contributed by atoms with E-state index < -0.39 is 11.6 Å². The Morgan fingerprint density at radius 3 is 2.51 bits per heavy atom. The standard InChI is InChI=1S/C26H23N5O4/c1-3-17-12-14-18(15-13-17)35-25-24-29-30(16-23(32)27-20-9-5-7-11-22(20)34-2)26(33)31(24)21-10-6-4-8-19(21)28-25/h4-15H,3,16H2,1-2H3,(H,27,32). The molecule has 0 aliphatic rings. The molecule has 0 saturated carbocycles. The van der Waals surface area contributed by atoms with Crippen molar-refractivity contribution >= 4 is 28.3 Å². The number of benzene rings is 3. The molecule has 0 bridgehead atoms. The van der Waals surface area contributed by atoms with Crippen molar-refractivity contribution in [2.45, 2.75) is 19.9 Å². The molecule has 5 aromatic rings. The minimum atomic E-state index is -0.472. The molecule has 0 atom stereocenters. The summed E-state index contributed by atoms with van der Waals surface area (Å²) < 4.78 is 13.8. The zero-order valence-electron chi connectivity index (χ0n) is 19.3. The van der Waals surface area contributed by atoms with Crippen LogP contribution < -0.4 is 20.5 Å². The van der Waals surface area contributed by atoms with Crippen LogP contribution in [0.25, 0.3) is 16.7 Å². The fourth-order valence-corrected chi connectivity index (χ4v) is 3.82. The van der Waals surface area contributed by atoms with Crippen molar-refractivity contribution in [1.82, 2.24) is 19.2 Å². The molecule has 1 amide bonds. The van der Waals surface area contributed by atoms with Crippen molar-refractivity contribution in [3.8, 4) is 17.4 Å². The predicted octanol–water partition coefficient (Wildman–Crippen LogP) is 4.05. The van der Waals surface area contributed by atoms with Gasteiger partial charge < -0.3 is 14.8 Å². The van der Waals surface area contributed by atoms with Crippen molar-refractivity contribution in [2.75, 3.05) is 12.4 Å². The van der Waals surface area contributed by atoms with Crippen LogP contribution in [-0.4, -0.2) is 32.2 Å². The van der Waals surface area contributed by atoms with E-state index in [0.717, 1.165) is 11.1 Å². The highest BCUT2D eigenvalue weighted by Gasteiger charge is 2.19. The van der Waals surface area contributed by atoms with Crippen molar-refractivity contribution < 1.29 is 14.3 Å². The summed E-state index contributed by atoms with van der Waals surface area (Å²) >= 11 is 0. The van der Waals surface area contributed by atoms with Crippen LogP contribution in [0.15, 0.2) is 77.6 Å². The van der Waals surface area contributed by atoms with E-state index in [9.17, 15) is 9.59 Å². The summed E-state index contributed by atoms with van der Waals surface area (Å²) in [5.74, 6) is 0.842. The second-order valence-corrected chi connectivity index (χ2v) is 7.85. The number of hydrogen-bond donors (Lipinski definition) is 1. The monoisotopic (exact) mass is 469 g/mol. The molecule has 176 valence electrons. The number of carbonyl (C=O) groups excluding carboxylic acids is 1. The molecule has 2 aromatic heterocycles. The third-order valence-electron chi connectivity index (χ3n) is 5.60. The van der Waals surface area contributed by atoms with E-state index in [4.69, 9.17) is 9.47 Å². The second kappa shape index (κ2) is 9.30. The number of anilines is 1. The van der Waals surface area contributed by atoms with Gasteiger partial charge in [-0.25, -0.2) is 18.9 Å². The molecule has 5 rings (SSSR count). The van der Waals surface area contributed by atoms with Crippen LogP contribution in [0, 0.1) is 0 Å². The summed E-state index contributed by atoms with van der Waals surface area (Å²) in [6, 6.07) is 21.9. The van der Waals surface area contributed by atoms with E-state index in [1.807, 2.05) is 36.4 Å². The maximum Gasteiger partial charge on any atom is 0.351 e. The van der Waals surface area contributed by atoms with Crippen molar-refractivity contribution in [2.24, 2.45) is 0 Å². The van der Waals surface area contributed by atoms with E-state index in [1.165, 1.54) is 17.1 Å². The lowest BCUT2D eigenvalue weighted by Crippen LogP contribution is -2.28. The van der Waals surface area contributed by atoms with Gasteiger partial charge in [-0.3, -0.25) is 4.79 Å². The summed E-state index contributed by atoms with van der Waals surface area (Å²) in [6.07, 6.45) is 0.912. The number of ether oxygens (including phenoxy) is 2. The third-order valence-corrected chi connectivity index (χ3v) is 5.60. The van der Waals surface area contributed by atoms with Crippen molar-refractivity contribution in [3.63, 3.8) is 0 Å². The number of methoxy groups -OCH3 is 1. The first kappa shape index (κ1) is 22.1. The van der Waals surface area contributed by atoms with Gasteiger partial charge in [-0.05, 0) is 48.4 Å². The first-order valence-electron chi connectivity index (χ1n) is 11.2. The van der Waals surface area contributed by atoms with E-state index in [1.54, 1.807) is 36.4 Å². The van der Waals surface area contributed by atoms with Gasteiger partial charge in [0.15, 0.2) is 0 Å². The minimum Gasteiger partial charge on any atom is -0.495 e. The number of hydrogen-bond acceptors (Lipinski definition) is 6. The number of amides is 1. The normalized spacial score (nSPS) is 11.0. The average molecular weight is 470 g/mol. The Hall–Kier alpha value is -4.66. The Kier molecular flexibility index (Phi) is 5.88. The Bertz CT molecular complexity index is 1590. The molecule has 1 N–H and O–H groups in total. The van der Waals surface area contributed by atoms with E-state index >= 15 is 0 Å². The Labute approximate surface area is 200 Å². The molecule has 2 heterocycles. The van der Waals surface area contributed by atoms with Crippen LogP contribution in [0.1, 0.15) is 12.5 Å². The fourth-order valence-electron chi connectivity index (χ4n) is 3.82. The van der Waals surface area contributed by atoms with Crippen LogP contribution in [0.4, 0.5) is 5.69 Å². The van der Waals surface area contributed by atoms with Gasteiger partial charge in [-0.1, -0.05) is 43.3 Å². The summed E-state index contributed by atoms with van der Waals surface area (Å²) in [6.45, 7) is 1.78. The molecule has 0 saturated heterocycles. The molecule has 9 nitrogen and oxygen atoms in total. The number of rotatable bonds is 7. The maximum absolute atomic E-state index is 13.3. The van der Waals surface area contributed by atoms with Crippen LogP contribution in [0.3, 0.4) is 0 Å². The molecule has 0 spiro atoms. The van der Waals surface area contributed by atoms with E-state index in [2.05, 4.69) is 22.3 Å². The number of para-hydroxylation sites is 4. The lowest BCUT2D eigenvalue weighted by molar-refractivity contribution is -0.117. The molecule has 0 radical (unpaired) electrons. The van der Waals surface area contributed by atoms with E-state index in [-0.39, 0.29) is 18.1 Å². The lowest BCUT2D eigenvalue weighted by atomic mass is 10.2. The Balaban J connectivity index is 1.54. The number of aromatic nitrogens is 4. The first-order chi connectivity index (χ1) is 17.1. The summed E-state index contributed by atoms with van der Waals surface area (Å²) in [5.41, 5.74) is 2.56. The molecular weight excluding hydrogens is 446 g/mol. The van der Waals surface area contributed by atoms with E-state index in [0.29, 0.717) is 28.2 Å². The molecule has 0 unspecified atom stereocenters. The van der Waals surface area contributed by atoms with Gasteiger partial charge in [0, 0.05) is 0 Å². The van der Waals surface area contributed by atoms with Crippen molar-refractivity contribution in [3.05, 3.63) is 88.8 Å². The summed E-state index contributed by atoms with van der Waals surface area (Å²) in [7, 11) is 1.52. The van der Waals surface area contributed by atoms with Gasteiger partial charge in [-0.15, -0.1) is 5.10 Å². The van der Waals surface area contributed by atoms with Crippen LogP contribution >= 0.6 is 0 Å². The van der Waals surface area contributed by atoms with Gasteiger partial charge in [0.25, 0.3) is 5.88 Å². The van der Waals surface area contributed by atoms with Gasteiger partial charge in [0.2, 0.25) is 11.6 Å². The SMILES string of the molecule is CCc1ccc(Oc2nc3ccccc3n3c(=O)n(CC(=O)Nc4ccccc4OC)nc23)cc1. The Morgan fingerprint density at radius 1 is 1.00 bits per heavy atom.